The maximum Gasteiger partial charge on any atom is 0.237 e. The van der Waals surface area contributed by atoms with Crippen molar-refractivity contribution in [2.75, 3.05) is 36.0 Å². The fourth-order valence-corrected chi connectivity index (χ4v) is 3.56. The predicted octanol–water partition coefficient (Wildman–Crippen LogP) is 2.36. The summed E-state index contributed by atoms with van der Waals surface area (Å²) in [6.07, 6.45) is 2.66. The van der Waals surface area contributed by atoms with Crippen molar-refractivity contribution < 1.29 is 4.79 Å². The van der Waals surface area contributed by atoms with E-state index in [1.54, 1.807) is 11.8 Å². The average Bonchev–Trinajstić information content (AvgIpc) is 2.93. The molecule has 0 spiro atoms. The Labute approximate surface area is 119 Å². The lowest BCUT2D eigenvalue weighted by Crippen LogP contribution is -2.38. The quantitative estimate of drug-likeness (QED) is 0.847. The Morgan fingerprint density at radius 3 is 2.47 bits per heavy atom. The second kappa shape index (κ2) is 5.97. The highest BCUT2D eigenvalue weighted by Gasteiger charge is 2.19. The van der Waals surface area contributed by atoms with Gasteiger partial charge in [-0.25, -0.2) is 0 Å². The molecule has 0 aromatic heterocycles. The number of benzene rings is 1. The number of thioether (sulfide) groups is 1. The molecule has 0 aliphatic carbocycles. The first kappa shape index (κ1) is 13.0. The summed E-state index contributed by atoms with van der Waals surface area (Å²) in [4.78, 5) is 16.3. The molecule has 2 fully saturated rings. The molecule has 2 aliphatic heterocycles. The summed E-state index contributed by atoms with van der Waals surface area (Å²) in [5.74, 6) is 1.90. The molecule has 3 nitrogen and oxygen atoms in total. The van der Waals surface area contributed by atoms with Crippen LogP contribution in [0.5, 0.6) is 0 Å². The summed E-state index contributed by atoms with van der Waals surface area (Å²) in [7, 11) is 0. The van der Waals surface area contributed by atoms with Crippen molar-refractivity contribution in [1.29, 1.82) is 0 Å². The molecular formula is C15H20N2OS. The predicted molar refractivity (Wildman–Crippen MR) is 80.6 cm³/mol. The summed E-state index contributed by atoms with van der Waals surface area (Å²) in [6.45, 7) is 4.34. The van der Waals surface area contributed by atoms with Gasteiger partial charge in [0.25, 0.3) is 0 Å². The first-order valence-electron chi connectivity index (χ1n) is 7.02. The minimum absolute atomic E-state index is 0.239. The van der Waals surface area contributed by atoms with Crippen LogP contribution in [-0.4, -0.2) is 41.9 Å². The van der Waals surface area contributed by atoms with Crippen LogP contribution in [0, 0.1) is 0 Å². The highest BCUT2D eigenvalue weighted by atomic mass is 32.2. The number of anilines is 1. The van der Waals surface area contributed by atoms with Crippen molar-refractivity contribution in [3.05, 3.63) is 29.8 Å². The Morgan fingerprint density at radius 1 is 1.05 bits per heavy atom. The SMILES string of the molecule is O=C1CSCCN1c1ccc(CN2CCCC2)cc1. The molecular weight excluding hydrogens is 256 g/mol. The molecule has 0 saturated carbocycles. The van der Waals surface area contributed by atoms with Gasteiger partial charge >= 0.3 is 0 Å². The third-order valence-electron chi connectivity index (χ3n) is 3.84. The first-order chi connectivity index (χ1) is 9.33. The third-order valence-corrected chi connectivity index (χ3v) is 4.76. The van der Waals surface area contributed by atoms with Crippen LogP contribution in [0.25, 0.3) is 0 Å². The lowest BCUT2D eigenvalue weighted by atomic mass is 10.2. The molecule has 0 N–H and O–H groups in total. The Hall–Kier alpha value is -1.00. The maximum atomic E-state index is 11.9. The van der Waals surface area contributed by atoms with Crippen LogP contribution in [0.4, 0.5) is 5.69 Å². The normalized spacial score (nSPS) is 21.1. The van der Waals surface area contributed by atoms with Crippen LogP contribution >= 0.6 is 11.8 Å². The smallest absolute Gasteiger partial charge is 0.237 e. The molecule has 0 bridgehead atoms. The largest absolute Gasteiger partial charge is 0.311 e. The summed E-state index contributed by atoms with van der Waals surface area (Å²) in [6, 6.07) is 8.53. The van der Waals surface area contributed by atoms with Gasteiger partial charge in [-0.3, -0.25) is 9.69 Å². The molecule has 2 aliphatic rings. The fourth-order valence-electron chi connectivity index (χ4n) is 2.77. The number of hydrogen-bond acceptors (Lipinski definition) is 3. The molecule has 4 heteroatoms. The van der Waals surface area contributed by atoms with Gasteiger partial charge < -0.3 is 4.90 Å². The first-order valence-corrected chi connectivity index (χ1v) is 8.18. The summed E-state index contributed by atoms with van der Waals surface area (Å²) < 4.78 is 0. The molecule has 1 aromatic carbocycles. The molecule has 3 rings (SSSR count). The standard InChI is InChI=1S/C15H20N2OS/c18-15-12-19-10-9-17(15)14-5-3-13(4-6-14)11-16-7-1-2-8-16/h3-6H,1-2,7-12H2. The summed E-state index contributed by atoms with van der Waals surface area (Å²) >= 11 is 1.73. The van der Waals surface area contributed by atoms with Gasteiger partial charge in [-0.2, -0.15) is 11.8 Å². The third kappa shape index (κ3) is 3.12. The molecule has 1 amide bonds. The zero-order chi connectivity index (χ0) is 13.1. The number of carbonyl (C=O) groups excluding carboxylic acids is 1. The van der Waals surface area contributed by atoms with Gasteiger partial charge in [-0.05, 0) is 43.6 Å². The molecule has 19 heavy (non-hydrogen) atoms. The molecule has 2 heterocycles. The van der Waals surface area contributed by atoms with E-state index in [1.165, 1.54) is 31.5 Å². The monoisotopic (exact) mass is 276 g/mol. The topological polar surface area (TPSA) is 23.6 Å². The second-order valence-electron chi connectivity index (χ2n) is 5.25. The minimum atomic E-state index is 0.239. The Morgan fingerprint density at radius 2 is 1.79 bits per heavy atom. The number of likely N-dealkylation sites (tertiary alicyclic amines) is 1. The number of carbonyl (C=O) groups is 1. The van der Waals surface area contributed by atoms with E-state index in [2.05, 4.69) is 29.2 Å². The van der Waals surface area contributed by atoms with Crippen molar-refractivity contribution in [3.63, 3.8) is 0 Å². The van der Waals surface area contributed by atoms with Gasteiger partial charge in [0, 0.05) is 24.5 Å². The van der Waals surface area contributed by atoms with Crippen LogP contribution in [0.1, 0.15) is 18.4 Å². The van der Waals surface area contributed by atoms with Gasteiger partial charge in [-0.1, -0.05) is 12.1 Å². The lowest BCUT2D eigenvalue weighted by Gasteiger charge is -2.26. The van der Waals surface area contributed by atoms with Gasteiger partial charge in [0.1, 0.15) is 0 Å². The van der Waals surface area contributed by atoms with Crippen molar-refractivity contribution >= 4 is 23.4 Å². The van der Waals surface area contributed by atoms with Crippen LogP contribution in [0.2, 0.25) is 0 Å². The van der Waals surface area contributed by atoms with Crippen LogP contribution in [-0.2, 0) is 11.3 Å². The fraction of sp³-hybridized carbons (Fsp3) is 0.533. The van der Waals surface area contributed by atoms with Crippen molar-refractivity contribution in [2.24, 2.45) is 0 Å². The van der Waals surface area contributed by atoms with E-state index in [1.807, 2.05) is 4.90 Å². The number of rotatable bonds is 3. The summed E-state index contributed by atoms with van der Waals surface area (Å²) in [5, 5.41) is 0. The van der Waals surface area contributed by atoms with E-state index in [0.29, 0.717) is 5.75 Å². The molecule has 0 radical (unpaired) electrons. The molecule has 102 valence electrons. The van der Waals surface area contributed by atoms with Crippen LogP contribution < -0.4 is 4.90 Å². The van der Waals surface area contributed by atoms with Crippen LogP contribution in [0.3, 0.4) is 0 Å². The highest BCUT2D eigenvalue weighted by molar-refractivity contribution is 8.00. The number of amides is 1. The number of hydrogen-bond donors (Lipinski definition) is 0. The second-order valence-corrected chi connectivity index (χ2v) is 6.35. The van der Waals surface area contributed by atoms with Gasteiger partial charge in [0.2, 0.25) is 5.91 Å². The molecule has 0 unspecified atom stereocenters. The van der Waals surface area contributed by atoms with E-state index < -0.39 is 0 Å². The minimum Gasteiger partial charge on any atom is -0.311 e. The Bertz CT molecular complexity index is 440. The van der Waals surface area contributed by atoms with Crippen LogP contribution in [0.15, 0.2) is 24.3 Å². The molecule has 2 saturated heterocycles. The number of nitrogens with zero attached hydrogens (tertiary/aromatic N) is 2. The van der Waals surface area contributed by atoms with Gasteiger partial charge in [0.05, 0.1) is 5.75 Å². The Kier molecular flexibility index (Phi) is 4.09. The van der Waals surface area contributed by atoms with Crippen molar-refractivity contribution in [2.45, 2.75) is 19.4 Å². The lowest BCUT2D eigenvalue weighted by molar-refractivity contribution is -0.116. The molecule has 1 aromatic rings. The van der Waals surface area contributed by atoms with E-state index >= 15 is 0 Å². The Balaban J connectivity index is 1.66. The molecule has 0 atom stereocenters. The van der Waals surface area contributed by atoms with Crippen molar-refractivity contribution in [1.82, 2.24) is 4.90 Å². The van der Waals surface area contributed by atoms with E-state index in [4.69, 9.17) is 0 Å². The highest BCUT2D eigenvalue weighted by Crippen LogP contribution is 2.21. The van der Waals surface area contributed by atoms with E-state index in [-0.39, 0.29) is 5.91 Å². The van der Waals surface area contributed by atoms with E-state index in [9.17, 15) is 4.79 Å². The zero-order valence-corrected chi connectivity index (χ0v) is 12.0. The van der Waals surface area contributed by atoms with Gasteiger partial charge in [-0.15, -0.1) is 0 Å². The average molecular weight is 276 g/mol. The van der Waals surface area contributed by atoms with Crippen molar-refractivity contribution in [3.8, 4) is 0 Å². The maximum absolute atomic E-state index is 11.9. The van der Waals surface area contributed by atoms with E-state index in [0.717, 1.165) is 24.5 Å². The summed E-state index contributed by atoms with van der Waals surface area (Å²) in [5.41, 5.74) is 2.40. The zero-order valence-electron chi connectivity index (χ0n) is 11.2. The van der Waals surface area contributed by atoms with Gasteiger partial charge in [0.15, 0.2) is 0 Å².